The first kappa shape index (κ1) is 16.4. The van der Waals surface area contributed by atoms with Gasteiger partial charge in [-0.3, -0.25) is 0 Å². The highest BCUT2D eigenvalue weighted by molar-refractivity contribution is 7.89. The third-order valence-electron chi connectivity index (χ3n) is 3.47. The van der Waals surface area contributed by atoms with E-state index in [1.54, 1.807) is 0 Å². The minimum absolute atomic E-state index is 0.0647. The van der Waals surface area contributed by atoms with Crippen molar-refractivity contribution in [3.8, 4) is 0 Å². The fourth-order valence-corrected chi connectivity index (χ4v) is 3.28. The molecule has 0 atom stereocenters. The molecule has 3 N–H and O–H groups in total. The largest absolute Gasteiger partial charge is 0.380 e. The van der Waals surface area contributed by atoms with Crippen LogP contribution < -0.4 is 10.5 Å². The molecule has 7 heteroatoms. The predicted octanol–water partition coefficient (Wildman–Crippen LogP) is 1.30. The van der Waals surface area contributed by atoms with Gasteiger partial charge in [0.05, 0.1) is 11.5 Å². The number of nitrogens with one attached hydrogen (secondary N) is 1. The van der Waals surface area contributed by atoms with Crippen LogP contribution in [-0.4, -0.2) is 28.2 Å². The fourth-order valence-electron chi connectivity index (χ4n) is 1.96. The zero-order chi connectivity index (χ0) is 15.5. The lowest BCUT2D eigenvalue weighted by Crippen LogP contribution is -2.28. The lowest BCUT2D eigenvalue weighted by atomic mass is 10.1. The summed E-state index contributed by atoms with van der Waals surface area (Å²) < 4.78 is 45.9. The highest BCUT2D eigenvalue weighted by Crippen LogP contribution is 2.28. The van der Waals surface area contributed by atoms with Gasteiger partial charge in [0.15, 0.2) is 0 Å². The zero-order valence-electron chi connectivity index (χ0n) is 12.1. The number of sulfonamides is 1. The quantitative estimate of drug-likeness (QED) is 0.708. The monoisotopic (exact) mass is 316 g/mol. The average Bonchev–Trinajstić information content (AvgIpc) is 3.25. The van der Waals surface area contributed by atoms with Crippen LogP contribution in [0.1, 0.15) is 24.0 Å². The Morgan fingerprint density at radius 2 is 2.14 bits per heavy atom. The molecule has 5 nitrogen and oxygen atoms in total. The minimum Gasteiger partial charge on any atom is -0.380 e. The predicted molar refractivity (Wildman–Crippen MR) is 77.8 cm³/mol. The minimum atomic E-state index is -3.76. The van der Waals surface area contributed by atoms with Gasteiger partial charge in [0.25, 0.3) is 0 Å². The summed E-state index contributed by atoms with van der Waals surface area (Å²) in [7, 11) is -3.76. The van der Waals surface area contributed by atoms with Crippen molar-refractivity contribution >= 4 is 10.0 Å². The SMILES string of the molecule is Cc1c(F)cc(CN)cc1S(=O)(=O)NCCOCC1CC1. The molecule has 0 radical (unpaired) electrons. The Morgan fingerprint density at radius 1 is 1.43 bits per heavy atom. The third kappa shape index (κ3) is 4.47. The second-order valence-electron chi connectivity index (χ2n) is 5.32. The Labute approximate surface area is 124 Å². The number of benzene rings is 1. The third-order valence-corrected chi connectivity index (χ3v) is 5.06. The zero-order valence-corrected chi connectivity index (χ0v) is 12.9. The van der Waals surface area contributed by atoms with Gasteiger partial charge in [-0.15, -0.1) is 0 Å². The van der Waals surface area contributed by atoms with Crippen LogP contribution in [-0.2, 0) is 21.3 Å². The first-order valence-electron chi connectivity index (χ1n) is 7.00. The van der Waals surface area contributed by atoms with Crippen LogP contribution in [0.4, 0.5) is 4.39 Å². The van der Waals surface area contributed by atoms with Crippen molar-refractivity contribution in [3.63, 3.8) is 0 Å². The van der Waals surface area contributed by atoms with Crippen molar-refractivity contribution in [2.75, 3.05) is 19.8 Å². The standard InChI is InChI=1S/C14H21FN2O3S/c1-10-13(15)6-12(8-16)7-14(10)21(18,19)17-4-5-20-9-11-2-3-11/h6-7,11,17H,2-5,8-9,16H2,1H3. The van der Waals surface area contributed by atoms with E-state index in [2.05, 4.69) is 4.72 Å². The Balaban J connectivity index is 1.98. The average molecular weight is 316 g/mol. The van der Waals surface area contributed by atoms with Crippen LogP contribution >= 0.6 is 0 Å². The Bertz CT molecular complexity index is 600. The van der Waals surface area contributed by atoms with Crippen LogP contribution in [0.3, 0.4) is 0 Å². The van der Waals surface area contributed by atoms with Crippen molar-refractivity contribution in [2.24, 2.45) is 11.7 Å². The van der Waals surface area contributed by atoms with Gasteiger partial charge in [0.1, 0.15) is 5.82 Å². The first-order chi connectivity index (χ1) is 9.94. The number of ether oxygens (including phenoxy) is 1. The van der Waals surface area contributed by atoms with Crippen LogP contribution in [0.25, 0.3) is 0 Å². The maximum Gasteiger partial charge on any atom is 0.241 e. The van der Waals surface area contributed by atoms with Crippen LogP contribution in [0.5, 0.6) is 0 Å². The topological polar surface area (TPSA) is 81.4 Å². The normalized spacial score (nSPS) is 15.4. The lowest BCUT2D eigenvalue weighted by Gasteiger charge is -2.12. The summed E-state index contributed by atoms with van der Waals surface area (Å²) in [5.41, 5.74) is 6.00. The summed E-state index contributed by atoms with van der Waals surface area (Å²) in [5, 5.41) is 0. The maximum atomic E-state index is 13.7. The maximum absolute atomic E-state index is 13.7. The highest BCUT2D eigenvalue weighted by Gasteiger charge is 2.22. The summed E-state index contributed by atoms with van der Waals surface area (Å²) in [5.74, 6) is 0.0718. The van der Waals surface area contributed by atoms with Crippen molar-refractivity contribution in [2.45, 2.75) is 31.2 Å². The molecule has 1 fully saturated rings. The van der Waals surface area contributed by atoms with Gasteiger partial charge in [-0.1, -0.05) is 0 Å². The van der Waals surface area contributed by atoms with E-state index in [0.29, 0.717) is 24.7 Å². The summed E-state index contributed by atoms with van der Waals surface area (Å²) >= 11 is 0. The van der Waals surface area contributed by atoms with Crippen LogP contribution in [0, 0.1) is 18.7 Å². The van der Waals surface area contributed by atoms with Crippen molar-refractivity contribution in [1.29, 1.82) is 0 Å². The first-order valence-corrected chi connectivity index (χ1v) is 8.49. The molecule has 0 aliphatic heterocycles. The molecule has 1 aliphatic rings. The number of hydrogen-bond donors (Lipinski definition) is 2. The Hall–Kier alpha value is -1.02. The van der Waals surface area contributed by atoms with Gasteiger partial charge in [0.2, 0.25) is 10.0 Å². The molecule has 0 bridgehead atoms. The molecule has 1 aromatic rings. The van der Waals surface area contributed by atoms with Gasteiger partial charge in [-0.2, -0.15) is 0 Å². The molecule has 0 amide bonds. The van der Waals surface area contributed by atoms with E-state index in [1.165, 1.54) is 31.9 Å². The smallest absolute Gasteiger partial charge is 0.241 e. The van der Waals surface area contributed by atoms with E-state index in [0.717, 1.165) is 0 Å². The van der Waals surface area contributed by atoms with Gasteiger partial charge in [-0.05, 0) is 43.4 Å². The van der Waals surface area contributed by atoms with Gasteiger partial charge in [0, 0.05) is 25.3 Å². The van der Waals surface area contributed by atoms with E-state index in [-0.39, 0.29) is 23.5 Å². The van der Waals surface area contributed by atoms with Crippen LogP contribution in [0.2, 0.25) is 0 Å². The second kappa shape index (κ2) is 6.83. The molecule has 1 saturated carbocycles. The van der Waals surface area contributed by atoms with E-state index in [4.69, 9.17) is 10.5 Å². The number of rotatable bonds is 8. The Morgan fingerprint density at radius 3 is 2.76 bits per heavy atom. The van der Waals surface area contributed by atoms with Crippen LogP contribution in [0.15, 0.2) is 17.0 Å². The molecule has 0 spiro atoms. The summed E-state index contributed by atoms with van der Waals surface area (Å²) in [6.07, 6.45) is 2.38. The molecule has 0 heterocycles. The van der Waals surface area contributed by atoms with E-state index in [9.17, 15) is 12.8 Å². The molecular formula is C14H21FN2O3S. The summed E-state index contributed by atoms with van der Waals surface area (Å²) in [6, 6.07) is 2.67. The van der Waals surface area contributed by atoms with E-state index >= 15 is 0 Å². The van der Waals surface area contributed by atoms with Crippen molar-refractivity contribution < 1.29 is 17.5 Å². The molecule has 1 aromatic carbocycles. The summed E-state index contributed by atoms with van der Waals surface area (Å²) in [4.78, 5) is -0.0647. The number of halogens is 1. The van der Waals surface area contributed by atoms with Gasteiger partial charge >= 0.3 is 0 Å². The number of nitrogens with two attached hydrogens (primary N) is 1. The molecule has 0 saturated heterocycles. The second-order valence-corrected chi connectivity index (χ2v) is 7.06. The Kier molecular flexibility index (Phi) is 5.32. The molecular weight excluding hydrogens is 295 g/mol. The molecule has 2 rings (SSSR count). The van der Waals surface area contributed by atoms with Gasteiger partial charge in [-0.25, -0.2) is 17.5 Å². The molecule has 118 valence electrons. The number of hydrogen-bond acceptors (Lipinski definition) is 4. The van der Waals surface area contributed by atoms with Crippen molar-refractivity contribution in [3.05, 3.63) is 29.1 Å². The lowest BCUT2D eigenvalue weighted by molar-refractivity contribution is 0.129. The van der Waals surface area contributed by atoms with Crippen molar-refractivity contribution in [1.82, 2.24) is 4.72 Å². The van der Waals surface area contributed by atoms with E-state index in [1.807, 2.05) is 0 Å². The van der Waals surface area contributed by atoms with E-state index < -0.39 is 15.8 Å². The molecule has 0 aromatic heterocycles. The van der Waals surface area contributed by atoms with Gasteiger partial charge < -0.3 is 10.5 Å². The molecule has 1 aliphatic carbocycles. The molecule has 21 heavy (non-hydrogen) atoms. The molecule has 0 unspecified atom stereocenters. The highest BCUT2D eigenvalue weighted by atomic mass is 32.2. The summed E-state index contributed by atoms with van der Waals surface area (Å²) in [6.45, 7) is 2.69. The fraction of sp³-hybridized carbons (Fsp3) is 0.571.